The summed E-state index contributed by atoms with van der Waals surface area (Å²) >= 11 is 5.87. The summed E-state index contributed by atoms with van der Waals surface area (Å²) in [6.07, 6.45) is 0.829. The van der Waals surface area contributed by atoms with Gasteiger partial charge in [0.25, 0.3) is 0 Å². The topological polar surface area (TPSA) is 35.2 Å². The zero-order valence-electron chi connectivity index (χ0n) is 8.88. The van der Waals surface area contributed by atoms with Crippen LogP contribution in [0.15, 0.2) is 18.2 Å². The van der Waals surface area contributed by atoms with Gasteiger partial charge in [-0.2, -0.15) is 0 Å². The summed E-state index contributed by atoms with van der Waals surface area (Å²) in [6, 6.07) is 5.24. The van der Waals surface area contributed by atoms with Gasteiger partial charge in [-0.25, -0.2) is 0 Å². The van der Waals surface area contributed by atoms with Crippen molar-refractivity contribution in [3.05, 3.63) is 28.8 Å². The summed E-state index contributed by atoms with van der Waals surface area (Å²) in [7, 11) is 1.61. The summed E-state index contributed by atoms with van der Waals surface area (Å²) in [5.74, 6) is 6.63. The molecule has 0 bridgehead atoms. The number of ether oxygens (including phenoxy) is 1. The number of methoxy groups -OCH3 is 1. The van der Waals surface area contributed by atoms with Crippen LogP contribution in [0.5, 0.6) is 5.75 Å². The lowest BCUT2D eigenvalue weighted by Gasteiger charge is -2.03. The Kier molecular flexibility index (Phi) is 4.48. The molecular weight excluding hydrogens is 210 g/mol. The number of nitrogens with two attached hydrogens (primary N) is 1. The largest absolute Gasteiger partial charge is 0.495 e. The minimum absolute atomic E-state index is 0.103. The van der Waals surface area contributed by atoms with E-state index in [0.29, 0.717) is 5.02 Å². The Morgan fingerprint density at radius 1 is 1.53 bits per heavy atom. The molecule has 0 radical (unpaired) electrons. The first kappa shape index (κ1) is 11.9. The predicted octanol–water partition coefficient (Wildman–Crippen LogP) is 2.44. The Hall–Kier alpha value is -1.17. The quantitative estimate of drug-likeness (QED) is 0.782. The molecule has 1 aromatic rings. The molecule has 0 fully saturated rings. The van der Waals surface area contributed by atoms with E-state index in [9.17, 15) is 0 Å². The van der Waals surface area contributed by atoms with Gasteiger partial charge < -0.3 is 10.5 Å². The molecule has 0 aromatic heterocycles. The van der Waals surface area contributed by atoms with Crippen LogP contribution in [0.1, 0.15) is 18.9 Å². The number of halogens is 1. The van der Waals surface area contributed by atoms with Gasteiger partial charge in [-0.05, 0) is 24.6 Å². The van der Waals surface area contributed by atoms with E-state index in [1.54, 1.807) is 25.3 Å². The molecule has 15 heavy (non-hydrogen) atoms. The third-order valence-electron chi connectivity index (χ3n) is 1.99. The van der Waals surface area contributed by atoms with Crippen LogP contribution in [0.2, 0.25) is 5.02 Å². The Morgan fingerprint density at radius 2 is 2.27 bits per heavy atom. The predicted molar refractivity (Wildman–Crippen MR) is 63.1 cm³/mol. The molecule has 0 aliphatic rings. The molecule has 2 nitrogen and oxygen atoms in total. The molecule has 0 heterocycles. The third kappa shape index (κ3) is 3.47. The molecular formula is C12H14ClNO. The van der Waals surface area contributed by atoms with Crippen LogP contribution in [0.3, 0.4) is 0 Å². The average Bonchev–Trinajstić information content (AvgIpc) is 2.26. The highest BCUT2D eigenvalue weighted by atomic mass is 35.5. The Morgan fingerprint density at radius 3 is 2.87 bits per heavy atom. The minimum Gasteiger partial charge on any atom is -0.495 e. The van der Waals surface area contributed by atoms with E-state index < -0.39 is 0 Å². The first-order chi connectivity index (χ1) is 7.17. The first-order valence-corrected chi connectivity index (χ1v) is 5.15. The highest BCUT2D eigenvalue weighted by molar-refractivity contribution is 6.30. The summed E-state index contributed by atoms with van der Waals surface area (Å²) < 4.78 is 5.16. The third-order valence-corrected chi connectivity index (χ3v) is 2.23. The van der Waals surface area contributed by atoms with Crippen molar-refractivity contribution in [2.24, 2.45) is 5.73 Å². The lowest BCUT2D eigenvalue weighted by Crippen LogP contribution is -2.15. The molecule has 1 aromatic carbocycles. The van der Waals surface area contributed by atoms with Crippen molar-refractivity contribution in [2.75, 3.05) is 7.11 Å². The van der Waals surface area contributed by atoms with Gasteiger partial charge in [-0.15, -0.1) is 0 Å². The molecule has 0 saturated carbocycles. The fraction of sp³-hybridized carbons (Fsp3) is 0.333. The monoisotopic (exact) mass is 223 g/mol. The van der Waals surface area contributed by atoms with Crippen molar-refractivity contribution >= 4 is 11.6 Å². The molecule has 0 spiro atoms. The molecule has 1 rings (SSSR count). The number of hydrogen-bond acceptors (Lipinski definition) is 2. The van der Waals surface area contributed by atoms with Crippen molar-refractivity contribution in [3.8, 4) is 17.6 Å². The van der Waals surface area contributed by atoms with E-state index >= 15 is 0 Å². The number of rotatable bonds is 2. The highest BCUT2D eigenvalue weighted by Gasteiger charge is 2.00. The van der Waals surface area contributed by atoms with E-state index in [2.05, 4.69) is 11.8 Å². The molecule has 0 aliphatic heterocycles. The van der Waals surface area contributed by atoms with Gasteiger partial charge in [-0.3, -0.25) is 0 Å². The summed E-state index contributed by atoms with van der Waals surface area (Å²) in [5.41, 5.74) is 6.48. The van der Waals surface area contributed by atoms with Gasteiger partial charge in [0.15, 0.2) is 0 Å². The number of hydrogen-bond donors (Lipinski definition) is 1. The molecule has 0 aliphatic carbocycles. The SMILES string of the molecule is CCC(N)C#Cc1cc(Cl)ccc1OC. The molecule has 1 atom stereocenters. The molecule has 0 saturated heterocycles. The van der Waals surface area contributed by atoms with E-state index in [0.717, 1.165) is 17.7 Å². The summed E-state index contributed by atoms with van der Waals surface area (Å²) in [6.45, 7) is 1.99. The normalized spacial score (nSPS) is 11.5. The zero-order chi connectivity index (χ0) is 11.3. The van der Waals surface area contributed by atoms with Gasteiger partial charge in [0, 0.05) is 5.02 Å². The number of benzene rings is 1. The Balaban J connectivity index is 3.00. The maximum absolute atomic E-state index is 5.87. The second-order valence-electron chi connectivity index (χ2n) is 3.13. The lowest BCUT2D eigenvalue weighted by atomic mass is 10.1. The minimum atomic E-state index is -0.103. The van der Waals surface area contributed by atoms with E-state index in [1.165, 1.54) is 0 Å². The van der Waals surface area contributed by atoms with Crippen molar-refractivity contribution in [1.29, 1.82) is 0 Å². The van der Waals surface area contributed by atoms with Gasteiger partial charge in [0.05, 0.1) is 18.7 Å². The molecule has 0 amide bonds. The summed E-state index contributed by atoms with van der Waals surface area (Å²) in [4.78, 5) is 0. The molecule has 3 heteroatoms. The standard InChI is InChI=1S/C12H14ClNO/c1-3-11(14)6-4-9-8-10(13)5-7-12(9)15-2/h5,7-8,11H,3,14H2,1-2H3. The van der Waals surface area contributed by atoms with Gasteiger partial charge in [0.1, 0.15) is 5.75 Å². The molecule has 80 valence electrons. The second-order valence-corrected chi connectivity index (χ2v) is 3.57. The first-order valence-electron chi connectivity index (χ1n) is 4.78. The van der Waals surface area contributed by atoms with Crippen molar-refractivity contribution in [2.45, 2.75) is 19.4 Å². The maximum atomic E-state index is 5.87. The fourth-order valence-electron chi connectivity index (χ4n) is 1.05. The highest BCUT2D eigenvalue weighted by Crippen LogP contribution is 2.21. The van der Waals surface area contributed by atoms with Gasteiger partial charge in [-0.1, -0.05) is 30.4 Å². The Bertz CT molecular complexity index is 392. The van der Waals surface area contributed by atoms with Crippen LogP contribution in [0.4, 0.5) is 0 Å². The van der Waals surface area contributed by atoms with Crippen LogP contribution in [-0.4, -0.2) is 13.2 Å². The lowest BCUT2D eigenvalue weighted by molar-refractivity contribution is 0.413. The second kappa shape index (κ2) is 5.65. The Labute approximate surface area is 95.4 Å². The fourth-order valence-corrected chi connectivity index (χ4v) is 1.22. The van der Waals surface area contributed by atoms with Crippen LogP contribution in [0, 0.1) is 11.8 Å². The van der Waals surface area contributed by atoms with Gasteiger partial charge in [0.2, 0.25) is 0 Å². The summed E-state index contributed by atoms with van der Waals surface area (Å²) in [5, 5.41) is 0.644. The smallest absolute Gasteiger partial charge is 0.134 e. The van der Waals surface area contributed by atoms with Crippen LogP contribution < -0.4 is 10.5 Å². The van der Waals surface area contributed by atoms with Gasteiger partial charge >= 0.3 is 0 Å². The van der Waals surface area contributed by atoms with E-state index in [4.69, 9.17) is 22.1 Å². The van der Waals surface area contributed by atoms with Crippen LogP contribution in [-0.2, 0) is 0 Å². The molecule has 1 unspecified atom stereocenters. The zero-order valence-corrected chi connectivity index (χ0v) is 9.64. The van der Waals surface area contributed by atoms with Crippen LogP contribution in [0.25, 0.3) is 0 Å². The van der Waals surface area contributed by atoms with E-state index in [-0.39, 0.29) is 6.04 Å². The molecule has 2 N–H and O–H groups in total. The van der Waals surface area contributed by atoms with Crippen molar-refractivity contribution < 1.29 is 4.74 Å². The average molecular weight is 224 g/mol. The van der Waals surface area contributed by atoms with Crippen molar-refractivity contribution in [3.63, 3.8) is 0 Å². The maximum Gasteiger partial charge on any atom is 0.134 e. The van der Waals surface area contributed by atoms with E-state index in [1.807, 2.05) is 6.92 Å². The van der Waals surface area contributed by atoms with Crippen molar-refractivity contribution in [1.82, 2.24) is 0 Å². The van der Waals surface area contributed by atoms with Crippen LogP contribution >= 0.6 is 11.6 Å².